The van der Waals surface area contributed by atoms with E-state index in [-0.39, 0.29) is 11.7 Å². The first-order valence-electron chi connectivity index (χ1n) is 10.2. The Morgan fingerprint density at radius 1 is 1.00 bits per heavy atom. The number of amides is 2. The standard InChI is InChI=1S/C23H28ClN3O4S/c1-14(2)9-10-30-18-7-5-17(6-8-18)22(29)25-23(32)27-26-20(28)13-31-19-11-15(3)21(24)16(4)12-19/h5-8,11-12,14H,9-10,13H2,1-4H3,(H,26,28)(H2,25,27,29,32). The van der Waals surface area contributed by atoms with E-state index in [0.717, 1.165) is 17.5 Å². The van der Waals surface area contributed by atoms with E-state index in [1.54, 1.807) is 36.4 Å². The number of ether oxygens (including phenoxy) is 2. The van der Waals surface area contributed by atoms with Crippen LogP contribution in [0.2, 0.25) is 5.02 Å². The molecule has 0 unspecified atom stereocenters. The third kappa shape index (κ3) is 8.36. The Balaban J connectivity index is 1.73. The van der Waals surface area contributed by atoms with E-state index < -0.39 is 11.8 Å². The van der Waals surface area contributed by atoms with Crippen molar-refractivity contribution in [3.05, 3.63) is 58.1 Å². The Morgan fingerprint density at radius 3 is 2.22 bits per heavy atom. The summed E-state index contributed by atoms with van der Waals surface area (Å²) in [6.45, 7) is 8.37. The number of carbonyl (C=O) groups is 2. The van der Waals surface area contributed by atoms with Gasteiger partial charge in [0.05, 0.1) is 6.61 Å². The molecule has 2 aromatic rings. The van der Waals surface area contributed by atoms with E-state index >= 15 is 0 Å². The molecule has 2 aromatic carbocycles. The van der Waals surface area contributed by atoms with Gasteiger partial charge >= 0.3 is 0 Å². The van der Waals surface area contributed by atoms with E-state index in [0.29, 0.717) is 34.6 Å². The van der Waals surface area contributed by atoms with Crippen molar-refractivity contribution in [2.75, 3.05) is 13.2 Å². The Labute approximate surface area is 198 Å². The predicted octanol–water partition coefficient (Wildman–Crippen LogP) is 4.10. The number of halogens is 1. The summed E-state index contributed by atoms with van der Waals surface area (Å²) in [6.07, 6.45) is 0.956. The van der Waals surface area contributed by atoms with Gasteiger partial charge in [-0.15, -0.1) is 0 Å². The third-order valence-electron chi connectivity index (χ3n) is 4.40. The average molecular weight is 478 g/mol. The van der Waals surface area contributed by atoms with Crippen LogP contribution in [-0.2, 0) is 4.79 Å². The van der Waals surface area contributed by atoms with E-state index in [1.807, 2.05) is 13.8 Å². The van der Waals surface area contributed by atoms with E-state index in [4.69, 9.17) is 33.3 Å². The SMILES string of the molecule is Cc1cc(OCC(=O)NNC(=S)NC(=O)c2ccc(OCCC(C)C)cc2)cc(C)c1Cl. The molecule has 3 N–H and O–H groups in total. The topological polar surface area (TPSA) is 88.7 Å². The van der Waals surface area contributed by atoms with Crippen LogP contribution >= 0.6 is 23.8 Å². The molecule has 0 radical (unpaired) electrons. The smallest absolute Gasteiger partial charge is 0.276 e. The van der Waals surface area contributed by atoms with Crippen LogP contribution < -0.4 is 25.6 Å². The highest BCUT2D eigenvalue weighted by molar-refractivity contribution is 7.80. The summed E-state index contributed by atoms with van der Waals surface area (Å²) in [5.41, 5.74) is 6.98. The lowest BCUT2D eigenvalue weighted by atomic mass is 10.1. The Morgan fingerprint density at radius 2 is 1.62 bits per heavy atom. The lowest BCUT2D eigenvalue weighted by molar-refractivity contribution is -0.123. The third-order valence-corrected chi connectivity index (χ3v) is 5.20. The van der Waals surface area contributed by atoms with Gasteiger partial charge in [-0.05, 0) is 85.9 Å². The number of hydrogen-bond acceptors (Lipinski definition) is 5. The zero-order valence-corrected chi connectivity index (χ0v) is 20.2. The molecule has 9 heteroatoms. The van der Waals surface area contributed by atoms with E-state index in [1.165, 1.54) is 0 Å². The van der Waals surface area contributed by atoms with Crippen molar-refractivity contribution in [3.63, 3.8) is 0 Å². The molecule has 0 spiro atoms. The molecule has 0 saturated carbocycles. The monoisotopic (exact) mass is 477 g/mol. The molecule has 2 rings (SSSR count). The van der Waals surface area contributed by atoms with Crippen molar-refractivity contribution < 1.29 is 19.1 Å². The number of hydrazine groups is 1. The summed E-state index contributed by atoms with van der Waals surface area (Å²) in [5, 5.41) is 3.12. The van der Waals surface area contributed by atoms with Crippen molar-refractivity contribution in [1.82, 2.24) is 16.2 Å². The molecule has 0 fully saturated rings. The molecule has 0 aromatic heterocycles. The first-order valence-corrected chi connectivity index (χ1v) is 11.0. The molecular formula is C23H28ClN3O4S. The van der Waals surface area contributed by atoms with Crippen LogP contribution in [0.15, 0.2) is 36.4 Å². The lowest BCUT2D eigenvalue weighted by Crippen LogP contribution is -2.49. The molecule has 32 heavy (non-hydrogen) atoms. The maximum atomic E-state index is 12.3. The fraction of sp³-hybridized carbons (Fsp3) is 0.348. The van der Waals surface area contributed by atoms with Gasteiger partial charge in [0.25, 0.3) is 11.8 Å². The number of benzene rings is 2. The van der Waals surface area contributed by atoms with Gasteiger partial charge in [-0.1, -0.05) is 25.4 Å². The number of thiocarbonyl (C=S) groups is 1. The van der Waals surface area contributed by atoms with Gasteiger partial charge in [-0.2, -0.15) is 0 Å². The van der Waals surface area contributed by atoms with Crippen molar-refractivity contribution in [2.24, 2.45) is 5.92 Å². The van der Waals surface area contributed by atoms with Crippen molar-refractivity contribution in [3.8, 4) is 11.5 Å². The molecule has 0 saturated heterocycles. The van der Waals surface area contributed by atoms with Crippen molar-refractivity contribution in [1.29, 1.82) is 0 Å². The van der Waals surface area contributed by atoms with Gasteiger partial charge in [0, 0.05) is 10.6 Å². The van der Waals surface area contributed by atoms with E-state index in [2.05, 4.69) is 30.0 Å². The minimum atomic E-state index is -0.463. The zero-order chi connectivity index (χ0) is 23.7. The number of nitrogens with one attached hydrogen (secondary N) is 3. The number of rotatable bonds is 8. The molecular weight excluding hydrogens is 450 g/mol. The molecule has 0 bridgehead atoms. The Bertz CT molecular complexity index is 941. The number of carbonyl (C=O) groups excluding carboxylic acids is 2. The Kier molecular flexibility index (Phi) is 9.74. The highest BCUT2D eigenvalue weighted by atomic mass is 35.5. The predicted molar refractivity (Wildman–Crippen MR) is 129 cm³/mol. The first kappa shape index (κ1) is 25.4. The maximum Gasteiger partial charge on any atom is 0.276 e. The molecule has 2 amide bonds. The number of aryl methyl sites for hydroxylation is 2. The molecule has 0 aliphatic rings. The van der Waals surface area contributed by atoms with Crippen LogP contribution in [0.3, 0.4) is 0 Å². The minimum Gasteiger partial charge on any atom is -0.494 e. The largest absolute Gasteiger partial charge is 0.494 e. The lowest BCUT2D eigenvalue weighted by Gasteiger charge is -2.13. The average Bonchev–Trinajstić information content (AvgIpc) is 2.74. The van der Waals surface area contributed by atoms with Gasteiger partial charge in [-0.3, -0.25) is 25.8 Å². The summed E-state index contributed by atoms with van der Waals surface area (Å²) in [5.74, 6) is 0.920. The van der Waals surface area contributed by atoms with Crippen LogP contribution in [-0.4, -0.2) is 30.1 Å². The normalized spacial score (nSPS) is 10.4. The minimum absolute atomic E-state index is 0.0428. The molecule has 172 valence electrons. The molecule has 0 atom stereocenters. The van der Waals surface area contributed by atoms with Crippen molar-refractivity contribution >= 4 is 40.7 Å². The quantitative estimate of drug-likeness (QED) is 0.392. The second kappa shape index (κ2) is 12.3. The van der Waals surface area contributed by atoms with Gasteiger partial charge in [0.2, 0.25) is 0 Å². The summed E-state index contributed by atoms with van der Waals surface area (Å²) in [7, 11) is 0. The summed E-state index contributed by atoms with van der Waals surface area (Å²) < 4.78 is 11.1. The molecule has 0 heterocycles. The van der Waals surface area contributed by atoms with Gasteiger partial charge in [-0.25, -0.2) is 0 Å². The zero-order valence-electron chi connectivity index (χ0n) is 18.6. The highest BCUT2D eigenvalue weighted by Crippen LogP contribution is 2.25. The van der Waals surface area contributed by atoms with Crippen LogP contribution in [0.5, 0.6) is 11.5 Å². The molecule has 0 aliphatic heterocycles. The Hall–Kier alpha value is -2.84. The molecule has 0 aliphatic carbocycles. The van der Waals surface area contributed by atoms with Crippen LogP contribution in [0.1, 0.15) is 41.8 Å². The highest BCUT2D eigenvalue weighted by Gasteiger charge is 2.10. The number of hydrogen-bond donors (Lipinski definition) is 3. The van der Waals surface area contributed by atoms with Gasteiger partial charge < -0.3 is 9.47 Å². The summed E-state index contributed by atoms with van der Waals surface area (Å²) in [4.78, 5) is 24.3. The van der Waals surface area contributed by atoms with Crippen LogP contribution in [0.25, 0.3) is 0 Å². The van der Waals surface area contributed by atoms with Gasteiger partial charge in [0.1, 0.15) is 11.5 Å². The van der Waals surface area contributed by atoms with E-state index in [9.17, 15) is 9.59 Å². The van der Waals surface area contributed by atoms with Gasteiger partial charge in [0.15, 0.2) is 11.7 Å². The maximum absolute atomic E-state index is 12.3. The second-order valence-corrected chi connectivity index (χ2v) is 8.46. The second-order valence-electron chi connectivity index (χ2n) is 7.67. The molecule has 7 nitrogen and oxygen atoms in total. The summed E-state index contributed by atoms with van der Waals surface area (Å²) >= 11 is 11.2. The summed E-state index contributed by atoms with van der Waals surface area (Å²) in [6, 6.07) is 10.2. The fourth-order valence-corrected chi connectivity index (χ4v) is 2.88. The van der Waals surface area contributed by atoms with Crippen molar-refractivity contribution in [2.45, 2.75) is 34.1 Å². The van der Waals surface area contributed by atoms with Crippen LogP contribution in [0.4, 0.5) is 0 Å². The van der Waals surface area contributed by atoms with Crippen LogP contribution in [0, 0.1) is 19.8 Å². The fourth-order valence-electron chi connectivity index (χ4n) is 2.62. The first-order chi connectivity index (χ1) is 15.2.